The fourth-order valence-electron chi connectivity index (χ4n) is 4.14. The van der Waals surface area contributed by atoms with Crippen LogP contribution in [-0.4, -0.2) is 35.5 Å². The second-order valence-electron chi connectivity index (χ2n) is 6.96. The van der Waals surface area contributed by atoms with Crippen molar-refractivity contribution < 1.29 is 13.0 Å². The Labute approximate surface area is 174 Å². The van der Waals surface area contributed by atoms with E-state index >= 15 is 0 Å². The molecule has 6 nitrogen and oxygen atoms in total. The van der Waals surface area contributed by atoms with E-state index in [1.807, 2.05) is 36.4 Å². The van der Waals surface area contributed by atoms with E-state index in [0.717, 1.165) is 58.0 Å². The summed E-state index contributed by atoms with van der Waals surface area (Å²) in [4.78, 5) is 4.71. The van der Waals surface area contributed by atoms with Crippen molar-refractivity contribution in [3.05, 3.63) is 69.8 Å². The van der Waals surface area contributed by atoms with E-state index in [1.165, 1.54) is 0 Å². The summed E-state index contributed by atoms with van der Waals surface area (Å²) < 4.78 is 33.4. The molecule has 1 N–H and O–H groups in total. The van der Waals surface area contributed by atoms with Crippen molar-refractivity contribution in [1.82, 2.24) is 0 Å². The predicted molar refractivity (Wildman–Crippen MR) is 119 cm³/mol. The maximum absolute atomic E-state index is 12.0. The molecule has 4 rings (SSSR count). The van der Waals surface area contributed by atoms with Gasteiger partial charge in [-0.25, -0.2) is 4.99 Å². The van der Waals surface area contributed by atoms with E-state index in [2.05, 4.69) is 24.1 Å². The van der Waals surface area contributed by atoms with Gasteiger partial charge in [0.1, 0.15) is 5.54 Å². The Morgan fingerprint density at radius 2 is 1.48 bits per heavy atom. The molecule has 1 spiro atoms. The molecule has 0 saturated heterocycles. The molecule has 0 fully saturated rings. The Bertz CT molecular complexity index is 1100. The van der Waals surface area contributed by atoms with Crippen LogP contribution in [0.5, 0.6) is 0 Å². The summed E-state index contributed by atoms with van der Waals surface area (Å²) in [5.41, 5.74) is 4.71. The zero-order chi connectivity index (χ0) is 20.6. The third kappa shape index (κ3) is 3.35. The van der Waals surface area contributed by atoms with E-state index in [9.17, 15) is 13.0 Å². The van der Waals surface area contributed by atoms with Crippen LogP contribution >= 0.6 is 11.8 Å². The number of aliphatic imine (C=N–C) groups is 1. The topological polar surface area (TPSA) is 91.5 Å². The average Bonchev–Trinajstić information content (AvgIpc) is 3.18. The van der Waals surface area contributed by atoms with Crippen LogP contribution in [0.2, 0.25) is 0 Å². The number of thioether (sulfide) groups is 1. The molecule has 1 atom stereocenters. The smallest absolute Gasteiger partial charge is 0.280 e. The highest BCUT2D eigenvalue weighted by molar-refractivity contribution is 8.33. The standard InChI is InChI=1S/C21H21N3O3S2/c1-3-14-7-5-9-16-11-22-23-12-17-10-6-8-15(4-2)19(17)21(18(14)16)13-28-20(24-21)29(25,26)27/h5-12H,3-4,13H2,1-2H3,(H,25,26,27)/b22-11-,23-12?. The number of hydrogen-bond acceptors (Lipinski definition) is 6. The lowest BCUT2D eigenvalue weighted by atomic mass is 9.75. The van der Waals surface area contributed by atoms with E-state index in [4.69, 9.17) is 4.99 Å². The molecule has 2 aliphatic heterocycles. The summed E-state index contributed by atoms with van der Waals surface area (Å²) >= 11 is 1.07. The number of aryl methyl sites for hydroxylation is 2. The van der Waals surface area contributed by atoms with E-state index in [0.29, 0.717) is 5.75 Å². The molecule has 0 amide bonds. The molecule has 8 heteroatoms. The highest BCUT2D eigenvalue weighted by Crippen LogP contribution is 2.48. The third-order valence-electron chi connectivity index (χ3n) is 5.32. The summed E-state index contributed by atoms with van der Waals surface area (Å²) in [7, 11) is -4.41. The fourth-order valence-corrected chi connectivity index (χ4v) is 6.09. The lowest BCUT2D eigenvalue weighted by Gasteiger charge is -2.33. The van der Waals surface area contributed by atoms with E-state index in [-0.39, 0.29) is 4.38 Å². The number of hydrogen-bond donors (Lipinski definition) is 1. The second kappa shape index (κ2) is 7.51. The molecule has 2 heterocycles. The van der Waals surface area contributed by atoms with Gasteiger partial charge in [-0.15, -0.1) is 0 Å². The van der Waals surface area contributed by atoms with Crippen molar-refractivity contribution in [2.45, 2.75) is 32.2 Å². The molecule has 0 aromatic heterocycles. The largest absolute Gasteiger partial charge is 0.318 e. The molecule has 0 aliphatic carbocycles. The summed E-state index contributed by atoms with van der Waals surface area (Å²) in [6, 6.07) is 11.9. The number of benzene rings is 2. The number of rotatable bonds is 2. The molecule has 0 saturated carbocycles. The van der Waals surface area contributed by atoms with Gasteiger partial charge in [0.05, 0.1) is 12.4 Å². The van der Waals surface area contributed by atoms with Crippen LogP contribution in [0.25, 0.3) is 0 Å². The minimum absolute atomic E-state index is 0.251. The average molecular weight is 428 g/mol. The van der Waals surface area contributed by atoms with Crippen molar-refractivity contribution in [3.63, 3.8) is 0 Å². The molecule has 2 aromatic carbocycles. The monoisotopic (exact) mass is 427 g/mol. The molecule has 2 aromatic rings. The first kappa shape index (κ1) is 20.0. The molecule has 0 bridgehead atoms. The zero-order valence-corrected chi connectivity index (χ0v) is 17.8. The Morgan fingerprint density at radius 1 is 0.966 bits per heavy atom. The summed E-state index contributed by atoms with van der Waals surface area (Å²) in [6.07, 6.45) is 4.89. The molecule has 2 aliphatic rings. The Kier molecular flexibility index (Phi) is 5.18. The fraction of sp³-hybridized carbons (Fsp3) is 0.286. The number of nitrogens with zero attached hydrogens (tertiary/aromatic N) is 3. The lowest BCUT2D eigenvalue weighted by Crippen LogP contribution is -2.32. The maximum atomic E-state index is 12.0. The van der Waals surface area contributed by atoms with Crippen molar-refractivity contribution in [3.8, 4) is 0 Å². The Morgan fingerprint density at radius 3 is 1.90 bits per heavy atom. The van der Waals surface area contributed by atoms with Gasteiger partial charge in [-0.2, -0.15) is 18.6 Å². The molecule has 1 unspecified atom stereocenters. The first-order chi connectivity index (χ1) is 13.9. The van der Waals surface area contributed by atoms with Crippen molar-refractivity contribution in [2.24, 2.45) is 15.2 Å². The molecular formula is C21H21N3O3S2. The van der Waals surface area contributed by atoms with Gasteiger partial charge in [-0.3, -0.25) is 4.55 Å². The third-order valence-corrected chi connectivity index (χ3v) is 7.74. The maximum Gasteiger partial charge on any atom is 0.318 e. The van der Waals surface area contributed by atoms with Gasteiger partial charge in [0.25, 0.3) is 0 Å². The zero-order valence-electron chi connectivity index (χ0n) is 16.2. The minimum atomic E-state index is -4.41. The van der Waals surface area contributed by atoms with Crippen LogP contribution in [0.1, 0.15) is 47.2 Å². The minimum Gasteiger partial charge on any atom is -0.280 e. The van der Waals surface area contributed by atoms with Gasteiger partial charge in [-0.05, 0) is 35.1 Å². The number of fused-ring (bicyclic) bond motifs is 4. The molecule has 150 valence electrons. The van der Waals surface area contributed by atoms with Crippen molar-refractivity contribution in [2.75, 3.05) is 5.75 Å². The van der Waals surface area contributed by atoms with Crippen LogP contribution in [0.3, 0.4) is 0 Å². The highest BCUT2D eigenvalue weighted by atomic mass is 32.3. The quantitative estimate of drug-likeness (QED) is 0.738. The summed E-state index contributed by atoms with van der Waals surface area (Å²) in [5, 5.41) is 8.41. The SMILES string of the molecule is CCc1cccc2c1C1(CSC(S(=O)(=O)O)=N1)c1c(cccc1CC)/C=N\N=C2. The second-order valence-corrected chi connectivity index (χ2v) is 9.52. The highest BCUT2D eigenvalue weighted by Gasteiger charge is 2.46. The first-order valence-electron chi connectivity index (χ1n) is 9.42. The van der Waals surface area contributed by atoms with Gasteiger partial charge in [0, 0.05) is 16.9 Å². The van der Waals surface area contributed by atoms with E-state index in [1.54, 1.807) is 12.4 Å². The van der Waals surface area contributed by atoms with Crippen LogP contribution in [0.4, 0.5) is 0 Å². The van der Waals surface area contributed by atoms with Crippen molar-refractivity contribution >= 4 is 38.7 Å². The molecule has 0 radical (unpaired) electrons. The van der Waals surface area contributed by atoms with Gasteiger partial charge in [0.2, 0.25) is 4.38 Å². The van der Waals surface area contributed by atoms with Crippen molar-refractivity contribution in [1.29, 1.82) is 0 Å². The summed E-state index contributed by atoms with van der Waals surface area (Å²) in [5.74, 6) is 0.373. The molecule has 29 heavy (non-hydrogen) atoms. The van der Waals surface area contributed by atoms with Crippen LogP contribution in [0, 0.1) is 0 Å². The van der Waals surface area contributed by atoms with E-state index < -0.39 is 15.7 Å². The molecular weight excluding hydrogens is 406 g/mol. The summed E-state index contributed by atoms with van der Waals surface area (Å²) in [6.45, 7) is 4.12. The first-order valence-corrected chi connectivity index (χ1v) is 11.8. The predicted octanol–water partition coefficient (Wildman–Crippen LogP) is 3.81. The lowest BCUT2D eigenvalue weighted by molar-refractivity contribution is 0.498. The van der Waals surface area contributed by atoms with Crippen LogP contribution < -0.4 is 0 Å². The van der Waals surface area contributed by atoms with Crippen LogP contribution in [0.15, 0.2) is 51.6 Å². The van der Waals surface area contributed by atoms with Gasteiger partial charge in [0.15, 0.2) is 0 Å². The Balaban J connectivity index is 2.19. The Hall–Kier alpha value is -2.29. The van der Waals surface area contributed by atoms with Crippen LogP contribution in [-0.2, 0) is 28.5 Å². The van der Waals surface area contributed by atoms with Gasteiger partial charge < -0.3 is 0 Å². The van der Waals surface area contributed by atoms with Gasteiger partial charge >= 0.3 is 10.1 Å². The normalized spacial score (nSPS) is 21.7. The van der Waals surface area contributed by atoms with Gasteiger partial charge in [-0.1, -0.05) is 62.0 Å².